The number of hydrogen-bond acceptors (Lipinski definition) is 4. The van der Waals surface area contributed by atoms with Crippen LogP contribution < -0.4 is 0 Å². The normalized spacial score (nSPS) is 13.1. The lowest BCUT2D eigenvalue weighted by molar-refractivity contribution is -0.130. The summed E-state index contributed by atoms with van der Waals surface area (Å²) in [6.45, 7) is 0.472. The van der Waals surface area contributed by atoms with Crippen LogP contribution in [0.4, 0.5) is 0 Å². The smallest absolute Gasteiger partial charge is 0.261 e. The van der Waals surface area contributed by atoms with Gasteiger partial charge in [0.2, 0.25) is 5.91 Å². The van der Waals surface area contributed by atoms with E-state index >= 15 is 0 Å². The van der Waals surface area contributed by atoms with E-state index in [1.165, 1.54) is 0 Å². The Hall–Kier alpha value is -3.02. The van der Waals surface area contributed by atoms with Crippen molar-refractivity contribution in [1.29, 1.82) is 0 Å². The summed E-state index contributed by atoms with van der Waals surface area (Å²) in [6, 6.07) is 12.2. The first-order valence-corrected chi connectivity index (χ1v) is 7.67. The van der Waals surface area contributed by atoms with Crippen LogP contribution in [0.1, 0.15) is 32.8 Å². The van der Waals surface area contributed by atoms with Crippen LogP contribution in [-0.4, -0.2) is 46.1 Å². The van der Waals surface area contributed by atoms with E-state index in [4.69, 9.17) is 0 Å². The third-order valence-electron chi connectivity index (χ3n) is 3.98. The Morgan fingerprint density at radius 3 is 2.25 bits per heavy atom. The van der Waals surface area contributed by atoms with Crippen LogP contribution in [0.3, 0.4) is 0 Å². The summed E-state index contributed by atoms with van der Waals surface area (Å²) in [4.78, 5) is 43.6. The fraction of sp³-hybridized carbons (Fsp3) is 0.222. The minimum atomic E-state index is -0.337. The van der Waals surface area contributed by atoms with Crippen LogP contribution >= 0.6 is 0 Å². The molecule has 0 spiro atoms. The number of carbonyl (C=O) groups excluding carboxylic acids is 3. The van der Waals surface area contributed by atoms with Crippen LogP contribution in [0, 0.1) is 0 Å². The molecule has 1 aliphatic rings. The van der Waals surface area contributed by atoms with Gasteiger partial charge in [-0.25, -0.2) is 0 Å². The predicted octanol–water partition coefficient (Wildman–Crippen LogP) is 1.73. The van der Waals surface area contributed by atoms with Gasteiger partial charge in [-0.05, 0) is 24.3 Å². The molecule has 122 valence electrons. The van der Waals surface area contributed by atoms with Gasteiger partial charge in [0, 0.05) is 26.2 Å². The van der Waals surface area contributed by atoms with Gasteiger partial charge in [0.15, 0.2) is 0 Å². The SMILES string of the molecule is CN(Cc1ccccn1)C(=O)CCN1C(=O)c2ccccc2C1=O. The molecule has 1 aromatic carbocycles. The Morgan fingerprint density at radius 1 is 1.04 bits per heavy atom. The number of amides is 3. The molecule has 6 nitrogen and oxygen atoms in total. The van der Waals surface area contributed by atoms with Crippen molar-refractivity contribution in [3.8, 4) is 0 Å². The third-order valence-corrected chi connectivity index (χ3v) is 3.98. The zero-order chi connectivity index (χ0) is 17.1. The number of nitrogens with zero attached hydrogens (tertiary/aromatic N) is 3. The van der Waals surface area contributed by atoms with Crippen LogP contribution in [0.15, 0.2) is 48.7 Å². The summed E-state index contributed by atoms with van der Waals surface area (Å²) < 4.78 is 0. The average molecular weight is 323 g/mol. The van der Waals surface area contributed by atoms with Crippen molar-refractivity contribution >= 4 is 17.7 Å². The largest absolute Gasteiger partial charge is 0.340 e. The molecule has 0 saturated carbocycles. The van der Waals surface area contributed by atoms with Gasteiger partial charge in [-0.15, -0.1) is 0 Å². The lowest BCUT2D eigenvalue weighted by atomic mass is 10.1. The Labute approximate surface area is 139 Å². The second-order valence-corrected chi connectivity index (χ2v) is 5.63. The first-order valence-electron chi connectivity index (χ1n) is 7.67. The Morgan fingerprint density at radius 2 is 1.67 bits per heavy atom. The highest BCUT2D eigenvalue weighted by molar-refractivity contribution is 6.21. The van der Waals surface area contributed by atoms with E-state index in [0.717, 1.165) is 10.6 Å². The van der Waals surface area contributed by atoms with Crippen LogP contribution in [0.25, 0.3) is 0 Å². The monoisotopic (exact) mass is 323 g/mol. The van der Waals surface area contributed by atoms with Crippen molar-refractivity contribution < 1.29 is 14.4 Å². The zero-order valence-corrected chi connectivity index (χ0v) is 13.3. The summed E-state index contributed by atoms with van der Waals surface area (Å²) in [5.74, 6) is -0.816. The summed E-state index contributed by atoms with van der Waals surface area (Å²) >= 11 is 0. The van der Waals surface area contributed by atoms with Crippen LogP contribution in [-0.2, 0) is 11.3 Å². The standard InChI is InChI=1S/C18H17N3O3/c1-20(12-13-6-4-5-10-19-13)16(22)9-11-21-17(23)14-7-2-3-8-15(14)18(21)24/h2-8,10H,9,11-12H2,1H3. The Bertz CT molecular complexity index is 754. The van der Waals surface area contributed by atoms with Gasteiger partial charge in [-0.2, -0.15) is 0 Å². The minimum Gasteiger partial charge on any atom is -0.340 e. The van der Waals surface area contributed by atoms with Gasteiger partial charge >= 0.3 is 0 Å². The van der Waals surface area contributed by atoms with E-state index in [0.29, 0.717) is 17.7 Å². The zero-order valence-electron chi connectivity index (χ0n) is 13.3. The number of fused-ring (bicyclic) bond motifs is 1. The number of carbonyl (C=O) groups is 3. The molecule has 0 radical (unpaired) electrons. The first-order chi connectivity index (χ1) is 11.6. The molecule has 0 bridgehead atoms. The molecule has 0 unspecified atom stereocenters. The first kappa shape index (κ1) is 15.9. The fourth-order valence-electron chi connectivity index (χ4n) is 2.66. The maximum Gasteiger partial charge on any atom is 0.261 e. The molecule has 3 rings (SSSR count). The molecule has 0 N–H and O–H groups in total. The van der Waals surface area contributed by atoms with Crippen molar-refractivity contribution in [1.82, 2.24) is 14.8 Å². The molecular formula is C18H17N3O3. The minimum absolute atomic E-state index is 0.0811. The second-order valence-electron chi connectivity index (χ2n) is 5.63. The van der Waals surface area contributed by atoms with Crippen molar-refractivity contribution in [2.75, 3.05) is 13.6 Å². The molecule has 6 heteroatoms. The molecular weight excluding hydrogens is 306 g/mol. The summed E-state index contributed by atoms with van der Waals surface area (Å²) in [6.07, 6.45) is 1.77. The fourth-order valence-corrected chi connectivity index (χ4v) is 2.66. The second kappa shape index (κ2) is 6.62. The summed E-state index contributed by atoms with van der Waals surface area (Å²) in [7, 11) is 1.68. The molecule has 2 heterocycles. The maximum absolute atomic E-state index is 12.3. The van der Waals surface area contributed by atoms with Crippen molar-refractivity contribution in [3.05, 3.63) is 65.5 Å². The van der Waals surface area contributed by atoms with E-state index < -0.39 is 0 Å². The van der Waals surface area contributed by atoms with Gasteiger partial charge in [-0.1, -0.05) is 18.2 Å². The van der Waals surface area contributed by atoms with Crippen molar-refractivity contribution in [2.24, 2.45) is 0 Å². The van der Waals surface area contributed by atoms with Crippen molar-refractivity contribution in [3.63, 3.8) is 0 Å². The summed E-state index contributed by atoms with van der Waals surface area (Å²) in [5.41, 5.74) is 1.59. The highest BCUT2D eigenvalue weighted by atomic mass is 16.2. The highest BCUT2D eigenvalue weighted by Crippen LogP contribution is 2.22. The molecule has 3 amide bonds. The van der Waals surface area contributed by atoms with Gasteiger partial charge in [0.1, 0.15) is 0 Å². The van der Waals surface area contributed by atoms with Gasteiger partial charge < -0.3 is 4.90 Å². The molecule has 1 aromatic heterocycles. The van der Waals surface area contributed by atoms with Gasteiger partial charge in [0.05, 0.1) is 23.4 Å². The van der Waals surface area contributed by atoms with Gasteiger partial charge in [-0.3, -0.25) is 24.3 Å². The van der Waals surface area contributed by atoms with Crippen molar-refractivity contribution in [2.45, 2.75) is 13.0 Å². The molecule has 0 saturated heterocycles. The lowest BCUT2D eigenvalue weighted by Gasteiger charge is -2.19. The Balaban J connectivity index is 1.59. The predicted molar refractivity (Wildman–Crippen MR) is 87.1 cm³/mol. The maximum atomic E-state index is 12.3. The quantitative estimate of drug-likeness (QED) is 0.786. The number of imide groups is 1. The number of hydrogen-bond donors (Lipinski definition) is 0. The highest BCUT2D eigenvalue weighted by Gasteiger charge is 2.35. The number of aromatic nitrogens is 1. The molecule has 0 atom stereocenters. The topological polar surface area (TPSA) is 70.6 Å². The molecule has 1 aliphatic heterocycles. The third kappa shape index (κ3) is 3.03. The number of pyridine rings is 1. The van der Waals surface area contributed by atoms with Crippen LogP contribution in [0.5, 0.6) is 0 Å². The Kier molecular flexibility index (Phi) is 4.37. The van der Waals surface area contributed by atoms with E-state index in [-0.39, 0.29) is 30.7 Å². The van der Waals surface area contributed by atoms with E-state index in [1.807, 2.05) is 18.2 Å². The molecule has 24 heavy (non-hydrogen) atoms. The van der Waals surface area contributed by atoms with Crippen LogP contribution in [0.2, 0.25) is 0 Å². The molecule has 0 fully saturated rings. The number of rotatable bonds is 5. The molecule has 2 aromatic rings. The lowest BCUT2D eigenvalue weighted by Crippen LogP contribution is -2.35. The van der Waals surface area contributed by atoms with E-state index in [9.17, 15) is 14.4 Å². The van der Waals surface area contributed by atoms with E-state index in [2.05, 4.69) is 4.98 Å². The number of benzene rings is 1. The molecule has 0 aliphatic carbocycles. The van der Waals surface area contributed by atoms with E-state index in [1.54, 1.807) is 42.4 Å². The average Bonchev–Trinajstić information content (AvgIpc) is 2.85. The van der Waals surface area contributed by atoms with Gasteiger partial charge in [0.25, 0.3) is 11.8 Å². The summed E-state index contributed by atoms with van der Waals surface area (Å²) in [5, 5.41) is 0.